The fourth-order valence-corrected chi connectivity index (χ4v) is 2.19. The number of hydrogen-bond acceptors (Lipinski definition) is 3. The van der Waals surface area contributed by atoms with Gasteiger partial charge in [0.25, 0.3) is 0 Å². The highest BCUT2D eigenvalue weighted by Crippen LogP contribution is 2.22. The van der Waals surface area contributed by atoms with Crippen LogP contribution < -0.4 is 4.74 Å². The van der Waals surface area contributed by atoms with Gasteiger partial charge in [-0.3, -0.25) is 4.98 Å². The van der Waals surface area contributed by atoms with E-state index in [1.54, 1.807) is 0 Å². The van der Waals surface area contributed by atoms with Gasteiger partial charge in [-0.25, -0.2) is 0 Å². The third kappa shape index (κ3) is 3.51. The summed E-state index contributed by atoms with van der Waals surface area (Å²) in [5, 5.41) is 0. The molecule has 0 spiro atoms. The zero-order chi connectivity index (χ0) is 13.7. The minimum absolute atomic E-state index is 0.725. The fourth-order valence-electron chi connectivity index (χ4n) is 1.86. The molecule has 2 aromatic rings. The molecule has 3 heteroatoms. The molecule has 0 unspecified atom stereocenters. The Hall–Kier alpha value is -1.48. The molecule has 0 saturated heterocycles. The maximum atomic E-state index is 5.58. The smallest absolute Gasteiger partial charge is 0.119 e. The molecule has 0 bridgehead atoms. The van der Waals surface area contributed by atoms with E-state index in [0.29, 0.717) is 0 Å². The highest BCUT2D eigenvalue weighted by molar-refractivity contribution is 7.79. The monoisotopic (exact) mass is 273 g/mol. The standard InChI is InChI=1S/C16H19NOS/c1-3-10-18-15-7-4-13(5-8-15)16-9-6-14(11-19)12(2)17-16/h4-9,19H,3,10-11H2,1-2H3. The number of thiol groups is 1. The maximum Gasteiger partial charge on any atom is 0.119 e. The van der Waals surface area contributed by atoms with Gasteiger partial charge in [0.1, 0.15) is 5.75 Å². The van der Waals surface area contributed by atoms with Gasteiger partial charge in [0.2, 0.25) is 0 Å². The van der Waals surface area contributed by atoms with Crippen LogP contribution in [0.5, 0.6) is 5.75 Å². The first-order chi connectivity index (χ1) is 9.24. The van der Waals surface area contributed by atoms with Gasteiger partial charge in [0.15, 0.2) is 0 Å². The molecule has 0 aliphatic heterocycles. The predicted molar refractivity (Wildman–Crippen MR) is 82.9 cm³/mol. The lowest BCUT2D eigenvalue weighted by Gasteiger charge is -2.08. The topological polar surface area (TPSA) is 22.1 Å². The van der Waals surface area contributed by atoms with Crippen LogP contribution in [0.25, 0.3) is 11.3 Å². The molecular weight excluding hydrogens is 254 g/mol. The number of rotatable bonds is 5. The van der Waals surface area contributed by atoms with Crippen LogP contribution in [0.2, 0.25) is 0 Å². The minimum atomic E-state index is 0.725. The first kappa shape index (κ1) is 13.9. The van der Waals surface area contributed by atoms with Crippen LogP contribution in [0.1, 0.15) is 24.6 Å². The Kier molecular flexibility index (Phi) is 4.86. The summed E-state index contributed by atoms with van der Waals surface area (Å²) < 4.78 is 5.58. The summed E-state index contributed by atoms with van der Waals surface area (Å²) >= 11 is 4.29. The highest BCUT2D eigenvalue weighted by Gasteiger charge is 2.03. The van der Waals surface area contributed by atoms with E-state index in [9.17, 15) is 0 Å². The SMILES string of the molecule is CCCOc1ccc(-c2ccc(CS)c(C)n2)cc1. The van der Waals surface area contributed by atoms with Gasteiger partial charge < -0.3 is 4.74 Å². The largest absolute Gasteiger partial charge is 0.494 e. The third-order valence-electron chi connectivity index (χ3n) is 2.99. The second-order valence-corrected chi connectivity index (χ2v) is 4.79. The number of ether oxygens (including phenoxy) is 1. The average Bonchev–Trinajstić information content (AvgIpc) is 2.45. The van der Waals surface area contributed by atoms with Crippen LogP contribution in [-0.4, -0.2) is 11.6 Å². The highest BCUT2D eigenvalue weighted by atomic mass is 32.1. The summed E-state index contributed by atoms with van der Waals surface area (Å²) in [5.41, 5.74) is 4.32. The summed E-state index contributed by atoms with van der Waals surface area (Å²) in [6.07, 6.45) is 1.02. The Morgan fingerprint density at radius 2 is 1.84 bits per heavy atom. The first-order valence-electron chi connectivity index (χ1n) is 6.55. The van der Waals surface area contributed by atoms with Gasteiger partial charge in [-0.2, -0.15) is 12.6 Å². The molecule has 2 nitrogen and oxygen atoms in total. The Balaban J connectivity index is 2.19. The summed E-state index contributed by atoms with van der Waals surface area (Å²) in [6, 6.07) is 12.2. The zero-order valence-corrected chi connectivity index (χ0v) is 12.3. The van der Waals surface area contributed by atoms with Gasteiger partial charge >= 0.3 is 0 Å². The summed E-state index contributed by atoms with van der Waals surface area (Å²) in [7, 11) is 0. The van der Waals surface area contributed by atoms with Crippen molar-refractivity contribution in [1.82, 2.24) is 4.98 Å². The van der Waals surface area contributed by atoms with Crippen molar-refractivity contribution in [2.45, 2.75) is 26.0 Å². The Labute approximate surface area is 120 Å². The van der Waals surface area contributed by atoms with Crippen LogP contribution in [0.4, 0.5) is 0 Å². The van der Waals surface area contributed by atoms with Crippen molar-refractivity contribution in [3.8, 4) is 17.0 Å². The molecule has 1 aromatic carbocycles. The van der Waals surface area contributed by atoms with Gasteiger partial charge in [-0.05, 0) is 49.2 Å². The molecule has 0 amide bonds. The number of aryl methyl sites for hydroxylation is 1. The molecule has 0 saturated carbocycles. The van der Waals surface area contributed by atoms with E-state index < -0.39 is 0 Å². The summed E-state index contributed by atoms with van der Waals surface area (Å²) in [6.45, 7) is 4.88. The fraction of sp³-hybridized carbons (Fsp3) is 0.312. The van der Waals surface area contributed by atoms with E-state index in [1.165, 1.54) is 5.56 Å². The molecule has 2 rings (SSSR count). The third-order valence-corrected chi connectivity index (χ3v) is 3.33. The number of benzene rings is 1. The van der Waals surface area contributed by atoms with Crippen molar-refractivity contribution in [2.24, 2.45) is 0 Å². The lowest BCUT2D eigenvalue weighted by molar-refractivity contribution is 0.317. The average molecular weight is 273 g/mol. The second-order valence-electron chi connectivity index (χ2n) is 4.47. The lowest BCUT2D eigenvalue weighted by atomic mass is 10.1. The van der Waals surface area contributed by atoms with E-state index in [0.717, 1.165) is 41.5 Å². The molecule has 0 fully saturated rings. The van der Waals surface area contributed by atoms with Crippen LogP contribution in [0, 0.1) is 6.92 Å². The predicted octanol–water partition coefficient (Wildman–Crippen LogP) is 4.28. The molecule has 100 valence electrons. The molecule has 0 aliphatic rings. The quantitative estimate of drug-likeness (QED) is 0.822. The van der Waals surface area contributed by atoms with Crippen LogP contribution >= 0.6 is 12.6 Å². The molecule has 1 aromatic heterocycles. The van der Waals surface area contributed by atoms with Crippen LogP contribution in [-0.2, 0) is 5.75 Å². The summed E-state index contributed by atoms with van der Waals surface area (Å²) in [4.78, 5) is 4.62. The van der Waals surface area contributed by atoms with E-state index in [4.69, 9.17) is 4.74 Å². The van der Waals surface area contributed by atoms with Crippen molar-refractivity contribution in [2.75, 3.05) is 6.61 Å². The van der Waals surface area contributed by atoms with Crippen molar-refractivity contribution in [1.29, 1.82) is 0 Å². The molecular formula is C16H19NOS. The lowest BCUT2D eigenvalue weighted by Crippen LogP contribution is -1.95. The van der Waals surface area contributed by atoms with Gasteiger partial charge in [-0.15, -0.1) is 0 Å². The zero-order valence-electron chi connectivity index (χ0n) is 11.4. The first-order valence-corrected chi connectivity index (χ1v) is 7.18. The van der Waals surface area contributed by atoms with Crippen molar-refractivity contribution < 1.29 is 4.74 Å². The molecule has 1 heterocycles. The van der Waals surface area contributed by atoms with Crippen molar-refractivity contribution >= 4 is 12.6 Å². The van der Waals surface area contributed by atoms with Gasteiger partial charge in [0.05, 0.1) is 12.3 Å². The van der Waals surface area contributed by atoms with Crippen LogP contribution in [0.15, 0.2) is 36.4 Å². The molecule has 0 radical (unpaired) electrons. The normalized spacial score (nSPS) is 10.5. The van der Waals surface area contributed by atoms with E-state index >= 15 is 0 Å². The number of aromatic nitrogens is 1. The van der Waals surface area contributed by atoms with Crippen molar-refractivity contribution in [3.63, 3.8) is 0 Å². The number of pyridine rings is 1. The van der Waals surface area contributed by atoms with Gasteiger partial charge in [0, 0.05) is 17.0 Å². The molecule has 0 aliphatic carbocycles. The maximum absolute atomic E-state index is 5.58. The number of hydrogen-bond donors (Lipinski definition) is 1. The van der Waals surface area contributed by atoms with E-state index in [1.807, 2.05) is 37.3 Å². The van der Waals surface area contributed by atoms with Crippen LogP contribution in [0.3, 0.4) is 0 Å². The second kappa shape index (κ2) is 6.62. The van der Waals surface area contributed by atoms with E-state index in [2.05, 4.69) is 30.6 Å². The Bertz CT molecular complexity index is 537. The van der Waals surface area contributed by atoms with E-state index in [-0.39, 0.29) is 0 Å². The Morgan fingerprint density at radius 1 is 1.11 bits per heavy atom. The molecule has 19 heavy (non-hydrogen) atoms. The van der Waals surface area contributed by atoms with Gasteiger partial charge in [-0.1, -0.05) is 13.0 Å². The van der Waals surface area contributed by atoms with Crippen molar-refractivity contribution in [3.05, 3.63) is 47.7 Å². The minimum Gasteiger partial charge on any atom is -0.494 e. The molecule has 0 atom stereocenters. The molecule has 0 N–H and O–H groups in total. The summed E-state index contributed by atoms with van der Waals surface area (Å²) in [5.74, 6) is 1.64. The Morgan fingerprint density at radius 3 is 2.42 bits per heavy atom. The number of nitrogens with zero attached hydrogens (tertiary/aromatic N) is 1.